The van der Waals surface area contributed by atoms with Gasteiger partial charge >= 0.3 is 6.03 Å². The molecule has 0 bridgehead atoms. The number of carbonyl (C=O) groups excluding carboxylic acids is 3. The van der Waals surface area contributed by atoms with E-state index in [4.69, 9.17) is 0 Å². The van der Waals surface area contributed by atoms with Crippen molar-refractivity contribution in [2.45, 2.75) is 62.8 Å². The summed E-state index contributed by atoms with van der Waals surface area (Å²) in [5, 5.41) is 7.81. The first-order valence-corrected chi connectivity index (χ1v) is 12.9. The Balaban J connectivity index is 1.90. The standard InChI is InChI=1S/C22H32N4O6S/c1-2-3-4-5-6-7-12-22(19(27)24-21(29)25-20(22)28)18-15-23-13-14-26(18)16-8-10-17(11-9-16)33(30,31)32/h8-11,18,23H,2-7,12-15H2,1H3,(H,30,31,32)(H2,24,25,27,28,29). The Morgan fingerprint density at radius 1 is 1.00 bits per heavy atom. The van der Waals surface area contributed by atoms with Crippen LogP contribution in [0.25, 0.3) is 0 Å². The van der Waals surface area contributed by atoms with Crippen molar-refractivity contribution >= 4 is 33.7 Å². The number of rotatable bonds is 10. The minimum Gasteiger partial charge on any atom is -0.364 e. The zero-order valence-electron chi connectivity index (χ0n) is 18.8. The molecule has 3 rings (SSSR count). The van der Waals surface area contributed by atoms with Gasteiger partial charge in [-0.05, 0) is 30.7 Å². The van der Waals surface area contributed by atoms with Gasteiger partial charge in [0.2, 0.25) is 11.8 Å². The Bertz CT molecular complexity index is 959. The second-order valence-electron chi connectivity index (χ2n) is 8.61. The lowest BCUT2D eigenvalue weighted by Gasteiger charge is -2.48. The number of piperazine rings is 1. The molecule has 4 amide bonds. The molecule has 0 spiro atoms. The van der Waals surface area contributed by atoms with E-state index >= 15 is 0 Å². The van der Waals surface area contributed by atoms with Crippen molar-refractivity contribution in [3.63, 3.8) is 0 Å². The zero-order chi connectivity index (χ0) is 24.1. The SMILES string of the molecule is CCCCCCCCC1(C2CNCCN2c2ccc(S(=O)(=O)O)cc2)C(=O)NC(=O)NC1=O. The van der Waals surface area contributed by atoms with E-state index in [1.807, 2.05) is 4.90 Å². The van der Waals surface area contributed by atoms with Gasteiger partial charge in [-0.15, -0.1) is 0 Å². The number of barbiturate groups is 1. The van der Waals surface area contributed by atoms with Gasteiger partial charge in [-0.2, -0.15) is 8.42 Å². The Morgan fingerprint density at radius 2 is 1.61 bits per heavy atom. The molecular formula is C22H32N4O6S. The van der Waals surface area contributed by atoms with Crippen molar-refractivity contribution in [2.75, 3.05) is 24.5 Å². The van der Waals surface area contributed by atoms with Gasteiger partial charge in [0.25, 0.3) is 10.1 Å². The molecule has 0 aromatic heterocycles. The molecule has 1 atom stereocenters. The molecule has 0 radical (unpaired) electrons. The monoisotopic (exact) mass is 480 g/mol. The summed E-state index contributed by atoms with van der Waals surface area (Å²) >= 11 is 0. The Kier molecular flexibility index (Phi) is 8.09. The summed E-state index contributed by atoms with van der Waals surface area (Å²) < 4.78 is 32.1. The van der Waals surface area contributed by atoms with Crippen LogP contribution in [-0.4, -0.2) is 56.5 Å². The predicted octanol–water partition coefficient (Wildman–Crippen LogP) is 1.81. The molecule has 2 saturated heterocycles. The number of hydrogen-bond acceptors (Lipinski definition) is 7. The maximum atomic E-state index is 13.2. The topological polar surface area (TPSA) is 145 Å². The maximum absolute atomic E-state index is 13.2. The predicted molar refractivity (Wildman–Crippen MR) is 122 cm³/mol. The highest BCUT2D eigenvalue weighted by atomic mass is 32.2. The average molecular weight is 481 g/mol. The molecule has 2 fully saturated rings. The van der Waals surface area contributed by atoms with Gasteiger partial charge in [0.1, 0.15) is 5.41 Å². The van der Waals surface area contributed by atoms with E-state index in [0.29, 0.717) is 31.7 Å². The average Bonchev–Trinajstić information content (AvgIpc) is 2.77. The first-order valence-electron chi connectivity index (χ1n) is 11.4. The molecule has 182 valence electrons. The van der Waals surface area contributed by atoms with E-state index in [1.54, 1.807) is 12.1 Å². The van der Waals surface area contributed by atoms with E-state index < -0.39 is 39.4 Å². The van der Waals surface area contributed by atoms with Gasteiger partial charge in [0.05, 0.1) is 10.9 Å². The molecule has 33 heavy (non-hydrogen) atoms. The lowest BCUT2D eigenvalue weighted by molar-refractivity contribution is -0.147. The minimum atomic E-state index is -4.34. The highest BCUT2D eigenvalue weighted by Crippen LogP contribution is 2.38. The molecule has 2 aliphatic rings. The third-order valence-electron chi connectivity index (χ3n) is 6.47. The highest BCUT2D eigenvalue weighted by molar-refractivity contribution is 7.85. The van der Waals surface area contributed by atoms with E-state index in [1.165, 1.54) is 12.1 Å². The molecule has 2 heterocycles. The smallest absolute Gasteiger partial charge is 0.328 e. The lowest BCUT2D eigenvalue weighted by Crippen LogP contribution is -2.72. The van der Waals surface area contributed by atoms with Crippen molar-refractivity contribution in [3.05, 3.63) is 24.3 Å². The number of hydrogen-bond donors (Lipinski definition) is 4. The summed E-state index contributed by atoms with van der Waals surface area (Å²) in [6.45, 7) is 3.55. The quantitative estimate of drug-likeness (QED) is 0.225. The van der Waals surface area contributed by atoms with Crippen LogP contribution in [0.1, 0.15) is 51.9 Å². The largest absolute Gasteiger partial charge is 0.364 e. The highest BCUT2D eigenvalue weighted by Gasteiger charge is 2.57. The summed E-state index contributed by atoms with van der Waals surface area (Å²) in [6, 6.07) is 4.25. The fraction of sp³-hybridized carbons (Fsp3) is 0.591. The zero-order valence-corrected chi connectivity index (χ0v) is 19.6. The first kappa shape index (κ1) is 25.1. The normalized spacial score (nSPS) is 21.0. The van der Waals surface area contributed by atoms with Crippen LogP contribution in [0.4, 0.5) is 10.5 Å². The third kappa shape index (κ3) is 5.53. The lowest BCUT2D eigenvalue weighted by atomic mass is 9.71. The van der Waals surface area contributed by atoms with Crippen LogP contribution in [0.2, 0.25) is 0 Å². The summed E-state index contributed by atoms with van der Waals surface area (Å²) in [7, 11) is -4.34. The third-order valence-corrected chi connectivity index (χ3v) is 7.34. The minimum absolute atomic E-state index is 0.238. The number of nitrogens with one attached hydrogen (secondary N) is 3. The van der Waals surface area contributed by atoms with E-state index in [-0.39, 0.29) is 11.3 Å². The Hall–Kier alpha value is -2.50. The Labute approximate surface area is 194 Å². The number of anilines is 1. The number of unbranched alkanes of at least 4 members (excludes halogenated alkanes) is 5. The Morgan fingerprint density at radius 3 is 2.21 bits per heavy atom. The van der Waals surface area contributed by atoms with Crippen LogP contribution < -0.4 is 20.9 Å². The fourth-order valence-corrected chi connectivity index (χ4v) is 5.19. The molecule has 1 aromatic rings. The molecule has 4 N–H and O–H groups in total. The molecular weight excluding hydrogens is 448 g/mol. The van der Waals surface area contributed by atoms with Gasteiger partial charge in [-0.3, -0.25) is 24.8 Å². The summed E-state index contributed by atoms with van der Waals surface area (Å²) in [4.78, 5) is 39.9. The number of imide groups is 2. The van der Waals surface area contributed by atoms with Gasteiger partial charge in [-0.1, -0.05) is 45.4 Å². The molecule has 1 unspecified atom stereocenters. The molecule has 11 heteroatoms. The number of benzene rings is 1. The second kappa shape index (κ2) is 10.6. The van der Waals surface area contributed by atoms with E-state index in [2.05, 4.69) is 22.9 Å². The van der Waals surface area contributed by atoms with Crippen molar-refractivity contribution in [1.82, 2.24) is 16.0 Å². The van der Waals surface area contributed by atoms with Gasteiger partial charge in [-0.25, -0.2) is 4.79 Å². The van der Waals surface area contributed by atoms with Crippen LogP contribution in [-0.2, 0) is 19.7 Å². The number of nitrogens with zero attached hydrogens (tertiary/aromatic N) is 1. The van der Waals surface area contributed by atoms with Gasteiger partial charge < -0.3 is 10.2 Å². The molecule has 0 aliphatic carbocycles. The summed E-state index contributed by atoms with van der Waals surface area (Å²) in [5.41, 5.74) is -0.859. The van der Waals surface area contributed by atoms with Crippen molar-refractivity contribution in [2.24, 2.45) is 5.41 Å². The summed E-state index contributed by atoms with van der Waals surface area (Å²) in [5.74, 6) is -1.23. The van der Waals surface area contributed by atoms with Crippen LogP contribution in [0, 0.1) is 5.41 Å². The molecule has 1 aromatic carbocycles. The van der Waals surface area contributed by atoms with Crippen LogP contribution in [0.5, 0.6) is 0 Å². The molecule has 0 saturated carbocycles. The number of urea groups is 1. The number of carbonyl (C=O) groups is 3. The summed E-state index contributed by atoms with van der Waals surface area (Å²) in [6.07, 6.45) is 6.18. The van der Waals surface area contributed by atoms with Crippen LogP contribution in [0.3, 0.4) is 0 Å². The van der Waals surface area contributed by atoms with E-state index in [0.717, 1.165) is 32.1 Å². The van der Waals surface area contributed by atoms with Crippen LogP contribution >= 0.6 is 0 Å². The molecule has 2 aliphatic heterocycles. The van der Waals surface area contributed by atoms with Gasteiger partial charge in [0, 0.05) is 25.3 Å². The number of amides is 4. The van der Waals surface area contributed by atoms with Crippen molar-refractivity contribution in [3.8, 4) is 0 Å². The van der Waals surface area contributed by atoms with Gasteiger partial charge in [0.15, 0.2) is 0 Å². The molecule has 10 nitrogen and oxygen atoms in total. The van der Waals surface area contributed by atoms with Crippen LogP contribution in [0.15, 0.2) is 29.2 Å². The van der Waals surface area contributed by atoms with Crippen molar-refractivity contribution in [1.29, 1.82) is 0 Å². The van der Waals surface area contributed by atoms with Crippen molar-refractivity contribution < 1.29 is 27.4 Å². The second-order valence-corrected chi connectivity index (χ2v) is 10.0. The first-order chi connectivity index (χ1) is 15.7. The fourth-order valence-electron chi connectivity index (χ4n) is 4.71. The maximum Gasteiger partial charge on any atom is 0.328 e. The van der Waals surface area contributed by atoms with E-state index in [9.17, 15) is 27.4 Å².